The van der Waals surface area contributed by atoms with Crippen LogP contribution < -0.4 is 10.6 Å². The molecule has 2 fully saturated rings. The summed E-state index contributed by atoms with van der Waals surface area (Å²) < 4.78 is 0. The van der Waals surface area contributed by atoms with Crippen molar-refractivity contribution in [2.75, 3.05) is 23.4 Å². The summed E-state index contributed by atoms with van der Waals surface area (Å²) in [6.07, 6.45) is 5.86. The van der Waals surface area contributed by atoms with E-state index in [1.165, 1.54) is 30.6 Å². The molecule has 1 aliphatic carbocycles. The summed E-state index contributed by atoms with van der Waals surface area (Å²) in [7, 11) is 0. The summed E-state index contributed by atoms with van der Waals surface area (Å²) in [6.45, 7) is 1.01. The number of nitrogens with one attached hydrogen (secondary N) is 2. The molecule has 3 rings (SSSR count). The molecule has 1 amide bonds. The molecule has 1 aromatic carbocycles. The fraction of sp³-hybridized carbons (Fsp3) is 0.588. The molecule has 1 saturated carbocycles. The van der Waals surface area contributed by atoms with Crippen LogP contribution in [0.4, 0.5) is 5.69 Å². The highest BCUT2D eigenvalue weighted by molar-refractivity contribution is 8.00. The Morgan fingerprint density at radius 3 is 2.91 bits per heavy atom. The lowest BCUT2D eigenvalue weighted by molar-refractivity contribution is -0.116. The number of rotatable bonds is 5. The maximum Gasteiger partial charge on any atom is 0.226 e. The van der Waals surface area contributed by atoms with E-state index in [-0.39, 0.29) is 5.91 Å². The molecule has 1 atom stereocenters. The zero-order valence-electron chi connectivity index (χ0n) is 12.8. The molecule has 3 nitrogen and oxygen atoms in total. The van der Waals surface area contributed by atoms with Crippen LogP contribution in [0.5, 0.6) is 0 Å². The minimum Gasteiger partial charge on any atom is -0.325 e. The van der Waals surface area contributed by atoms with Gasteiger partial charge in [0.15, 0.2) is 0 Å². The molecule has 0 spiro atoms. The van der Waals surface area contributed by atoms with E-state index >= 15 is 0 Å². The van der Waals surface area contributed by atoms with Crippen LogP contribution in [0.1, 0.15) is 32.1 Å². The number of anilines is 1. The number of hydrogen-bond acceptors (Lipinski definition) is 4. The van der Waals surface area contributed by atoms with Gasteiger partial charge in [0.1, 0.15) is 0 Å². The fourth-order valence-electron chi connectivity index (χ4n) is 3.03. The van der Waals surface area contributed by atoms with Gasteiger partial charge in [0.05, 0.1) is 5.69 Å². The number of thioether (sulfide) groups is 2. The lowest BCUT2D eigenvalue weighted by atomic mass is 10.2. The molecule has 0 radical (unpaired) electrons. The third-order valence-electron chi connectivity index (χ3n) is 4.19. The van der Waals surface area contributed by atoms with Gasteiger partial charge in [0, 0.05) is 40.7 Å². The van der Waals surface area contributed by atoms with Crippen molar-refractivity contribution in [1.82, 2.24) is 5.32 Å². The second-order valence-electron chi connectivity index (χ2n) is 6.00. The van der Waals surface area contributed by atoms with Crippen molar-refractivity contribution >= 4 is 35.1 Å². The molecule has 1 aliphatic heterocycles. The zero-order chi connectivity index (χ0) is 15.2. The van der Waals surface area contributed by atoms with Gasteiger partial charge in [-0.1, -0.05) is 25.0 Å². The van der Waals surface area contributed by atoms with Gasteiger partial charge in [-0.05, 0) is 25.0 Å². The van der Waals surface area contributed by atoms with E-state index in [0.717, 1.165) is 29.0 Å². The lowest BCUT2D eigenvalue weighted by Gasteiger charge is -2.22. The largest absolute Gasteiger partial charge is 0.325 e. The number of carbonyl (C=O) groups excluding carboxylic acids is 1. The molecule has 5 heteroatoms. The Balaban J connectivity index is 1.57. The minimum absolute atomic E-state index is 0.125. The smallest absolute Gasteiger partial charge is 0.226 e. The molecule has 1 heterocycles. The SMILES string of the molecule is O=C(CC1CSCCN1)Nc1ccccc1SC1CCCC1. The first kappa shape index (κ1) is 16.2. The number of benzene rings is 1. The van der Waals surface area contributed by atoms with Crippen molar-refractivity contribution in [3.8, 4) is 0 Å². The Kier molecular flexibility index (Phi) is 6.10. The van der Waals surface area contributed by atoms with Gasteiger partial charge in [0.25, 0.3) is 0 Å². The fourth-order valence-corrected chi connectivity index (χ4v) is 5.31. The van der Waals surface area contributed by atoms with Gasteiger partial charge in [-0.25, -0.2) is 0 Å². The standard InChI is InChI=1S/C17H24N2OS2/c20-17(11-13-12-21-10-9-18-13)19-15-7-3-4-8-16(15)22-14-5-1-2-6-14/h3-4,7-8,13-14,18H,1-2,5-6,9-12H2,(H,19,20). The molecule has 1 unspecified atom stereocenters. The Labute approximate surface area is 141 Å². The Bertz CT molecular complexity index is 497. The molecule has 0 aromatic heterocycles. The quantitative estimate of drug-likeness (QED) is 0.859. The molecule has 0 bridgehead atoms. The van der Waals surface area contributed by atoms with Crippen molar-refractivity contribution in [2.24, 2.45) is 0 Å². The maximum absolute atomic E-state index is 12.3. The number of para-hydroxylation sites is 1. The van der Waals surface area contributed by atoms with E-state index in [9.17, 15) is 4.79 Å². The van der Waals surface area contributed by atoms with Crippen LogP contribution in [0.25, 0.3) is 0 Å². The molecule has 1 aromatic rings. The van der Waals surface area contributed by atoms with Crippen molar-refractivity contribution in [2.45, 2.75) is 48.3 Å². The van der Waals surface area contributed by atoms with Crippen molar-refractivity contribution in [3.05, 3.63) is 24.3 Å². The first-order valence-electron chi connectivity index (χ1n) is 8.18. The van der Waals surface area contributed by atoms with E-state index in [0.29, 0.717) is 12.5 Å². The highest BCUT2D eigenvalue weighted by Gasteiger charge is 2.20. The summed E-state index contributed by atoms with van der Waals surface area (Å²) >= 11 is 3.86. The van der Waals surface area contributed by atoms with Crippen LogP contribution in [-0.4, -0.2) is 35.2 Å². The first-order chi connectivity index (χ1) is 10.8. The van der Waals surface area contributed by atoms with Gasteiger partial charge in [-0.3, -0.25) is 4.79 Å². The molecule has 120 valence electrons. The van der Waals surface area contributed by atoms with Crippen LogP contribution in [0, 0.1) is 0 Å². The lowest BCUT2D eigenvalue weighted by Crippen LogP contribution is -2.39. The molecular weight excluding hydrogens is 312 g/mol. The van der Waals surface area contributed by atoms with E-state index in [1.807, 2.05) is 35.7 Å². The summed E-state index contributed by atoms with van der Waals surface area (Å²) in [5.41, 5.74) is 0.980. The number of hydrogen-bond donors (Lipinski definition) is 2. The monoisotopic (exact) mass is 336 g/mol. The predicted octanol–water partition coefficient (Wildman–Crippen LogP) is 3.75. The van der Waals surface area contributed by atoms with Crippen LogP contribution in [0.3, 0.4) is 0 Å². The second-order valence-corrected chi connectivity index (χ2v) is 8.49. The first-order valence-corrected chi connectivity index (χ1v) is 10.2. The van der Waals surface area contributed by atoms with E-state index in [4.69, 9.17) is 0 Å². The second kappa shape index (κ2) is 8.27. The van der Waals surface area contributed by atoms with Gasteiger partial charge in [0.2, 0.25) is 5.91 Å². The Morgan fingerprint density at radius 2 is 2.14 bits per heavy atom. The average molecular weight is 337 g/mol. The van der Waals surface area contributed by atoms with E-state index in [2.05, 4.69) is 22.8 Å². The third kappa shape index (κ3) is 4.67. The summed E-state index contributed by atoms with van der Waals surface area (Å²) in [5, 5.41) is 7.26. The van der Waals surface area contributed by atoms with E-state index in [1.54, 1.807) is 0 Å². The molecule has 2 N–H and O–H groups in total. The van der Waals surface area contributed by atoms with Crippen LogP contribution in [0.2, 0.25) is 0 Å². The van der Waals surface area contributed by atoms with Gasteiger partial charge < -0.3 is 10.6 Å². The topological polar surface area (TPSA) is 41.1 Å². The van der Waals surface area contributed by atoms with Crippen molar-refractivity contribution in [3.63, 3.8) is 0 Å². The number of carbonyl (C=O) groups is 1. The van der Waals surface area contributed by atoms with Crippen LogP contribution in [0.15, 0.2) is 29.2 Å². The molecular formula is C17H24N2OS2. The summed E-state index contributed by atoms with van der Waals surface area (Å²) in [6, 6.07) is 8.54. The van der Waals surface area contributed by atoms with Crippen molar-refractivity contribution < 1.29 is 4.79 Å². The molecule has 2 aliphatic rings. The highest BCUT2D eigenvalue weighted by Crippen LogP contribution is 2.38. The average Bonchev–Trinajstić information content (AvgIpc) is 3.03. The van der Waals surface area contributed by atoms with Gasteiger partial charge >= 0.3 is 0 Å². The van der Waals surface area contributed by atoms with Gasteiger partial charge in [-0.15, -0.1) is 11.8 Å². The van der Waals surface area contributed by atoms with Crippen LogP contribution in [-0.2, 0) is 4.79 Å². The Morgan fingerprint density at radius 1 is 1.32 bits per heavy atom. The van der Waals surface area contributed by atoms with E-state index < -0.39 is 0 Å². The summed E-state index contributed by atoms with van der Waals surface area (Å²) in [4.78, 5) is 13.5. The van der Waals surface area contributed by atoms with Gasteiger partial charge in [-0.2, -0.15) is 11.8 Å². The number of amides is 1. The predicted molar refractivity (Wildman–Crippen MR) is 96.9 cm³/mol. The maximum atomic E-state index is 12.3. The third-order valence-corrected chi connectivity index (χ3v) is 6.73. The van der Waals surface area contributed by atoms with Crippen molar-refractivity contribution in [1.29, 1.82) is 0 Å². The molecule has 1 saturated heterocycles. The molecule has 22 heavy (non-hydrogen) atoms. The zero-order valence-corrected chi connectivity index (χ0v) is 14.5. The highest BCUT2D eigenvalue weighted by atomic mass is 32.2. The van der Waals surface area contributed by atoms with Crippen LogP contribution >= 0.6 is 23.5 Å². The normalized spacial score (nSPS) is 22.6. The summed E-state index contributed by atoms with van der Waals surface area (Å²) in [5.74, 6) is 2.31. The Hall–Kier alpha value is -0.650. The minimum atomic E-state index is 0.125.